The minimum absolute atomic E-state index is 0.0900. The summed E-state index contributed by atoms with van der Waals surface area (Å²) in [6.45, 7) is 2.78. The van der Waals surface area contributed by atoms with E-state index in [9.17, 15) is 5.11 Å². The molecule has 0 radical (unpaired) electrons. The number of hydrogen-bond donors (Lipinski definition) is 2. The molecule has 0 amide bonds. The highest BCUT2D eigenvalue weighted by atomic mass is 16.5. The van der Waals surface area contributed by atoms with Gasteiger partial charge in [0.1, 0.15) is 18.5 Å². The van der Waals surface area contributed by atoms with Crippen molar-refractivity contribution in [2.24, 2.45) is 0 Å². The Morgan fingerprint density at radius 1 is 1.38 bits per heavy atom. The zero-order valence-electron chi connectivity index (χ0n) is 9.30. The molecule has 2 N–H and O–H groups in total. The van der Waals surface area contributed by atoms with Gasteiger partial charge in [0.2, 0.25) is 0 Å². The average molecular weight is 227 g/mol. The first kappa shape index (κ1) is 12.9. The van der Waals surface area contributed by atoms with Crippen LogP contribution in [0.2, 0.25) is 0 Å². The molecule has 0 fully saturated rings. The molecule has 1 heterocycles. The summed E-state index contributed by atoms with van der Waals surface area (Å²) in [6, 6.07) is 3.37. The Morgan fingerprint density at radius 3 is 2.75 bits per heavy atom. The Morgan fingerprint density at radius 2 is 2.19 bits per heavy atom. The van der Waals surface area contributed by atoms with Crippen LogP contribution in [0.4, 0.5) is 0 Å². The molecule has 1 aromatic rings. The van der Waals surface area contributed by atoms with Crippen molar-refractivity contribution in [2.45, 2.75) is 19.6 Å². The second-order valence-electron chi connectivity index (χ2n) is 3.27. The monoisotopic (exact) mass is 227 g/mol. The maximum atomic E-state index is 9.43. The smallest absolute Gasteiger partial charge is 0.137 e. The quantitative estimate of drug-likeness (QED) is 0.703. The number of aromatic nitrogens is 1. The highest BCUT2D eigenvalue weighted by Crippen LogP contribution is 2.09. The van der Waals surface area contributed by atoms with Crippen molar-refractivity contribution < 1.29 is 19.7 Å². The van der Waals surface area contributed by atoms with Crippen LogP contribution in [0.3, 0.4) is 0 Å². The normalized spacial score (nSPS) is 12.4. The molecule has 16 heavy (non-hydrogen) atoms. The van der Waals surface area contributed by atoms with E-state index in [2.05, 4.69) is 4.98 Å². The van der Waals surface area contributed by atoms with Gasteiger partial charge in [-0.2, -0.15) is 0 Å². The zero-order valence-corrected chi connectivity index (χ0v) is 9.30. The number of hydrogen-bond acceptors (Lipinski definition) is 5. The van der Waals surface area contributed by atoms with Gasteiger partial charge in [-0.15, -0.1) is 0 Å². The molecule has 0 aliphatic rings. The molecule has 1 atom stereocenters. The van der Waals surface area contributed by atoms with Crippen molar-refractivity contribution in [1.82, 2.24) is 4.98 Å². The van der Waals surface area contributed by atoms with Gasteiger partial charge in [0.15, 0.2) is 0 Å². The van der Waals surface area contributed by atoms with Crippen LogP contribution in [0.25, 0.3) is 0 Å². The van der Waals surface area contributed by atoms with E-state index >= 15 is 0 Å². The molecule has 1 rings (SSSR count). The number of rotatable bonds is 7. The zero-order chi connectivity index (χ0) is 11.8. The van der Waals surface area contributed by atoms with E-state index in [1.807, 2.05) is 6.92 Å². The van der Waals surface area contributed by atoms with Crippen molar-refractivity contribution in [3.63, 3.8) is 0 Å². The van der Waals surface area contributed by atoms with E-state index in [0.29, 0.717) is 18.1 Å². The lowest BCUT2D eigenvalue weighted by Gasteiger charge is -2.11. The number of pyridine rings is 1. The molecule has 1 aromatic heterocycles. The van der Waals surface area contributed by atoms with Crippen molar-refractivity contribution >= 4 is 0 Å². The first-order chi connectivity index (χ1) is 7.76. The van der Waals surface area contributed by atoms with Gasteiger partial charge < -0.3 is 19.7 Å². The van der Waals surface area contributed by atoms with Crippen LogP contribution in [0, 0.1) is 0 Å². The van der Waals surface area contributed by atoms with Gasteiger partial charge in [0, 0.05) is 6.61 Å². The Hall–Kier alpha value is -1.17. The summed E-state index contributed by atoms with van der Waals surface area (Å²) < 4.78 is 10.3. The Bertz CT molecular complexity index is 289. The maximum Gasteiger partial charge on any atom is 0.137 e. The van der Waals surface area contributed by atoms with Crippen LogP contribution in [0.1, 0.15) is 12.6 Å². The second kappa shape index (κ2) is 7.16. The first-order valence-electron chi connectivity index (χ1n) is 5.20. The standard InChI is InChI=1S/C11H17NO4/c1-2-15-7-10(14)8-16-11-4-3-9(6-13)12-5-11/h3-5,10,13-14H,2,6-8H2,1H3. The van der Waals surface area contributed by atoms with Crippen LogP contribution >= 0.6 is 0 Å². The lowest BCUT2D eigenvalue weighted by Crippen LogP contribution is -2.23. The van der Waals surface area contributed by atoms with Crippen LogP contribution in [0.15, 0.2) is 18.3 Å². The fourth-order valence-electron chi connectivity index (χ4n) is 1.08. The fourth-order valence-corrected chi connectivity index (χ4v) is 1.08. The van der Waals surface area contributed by atoms with E-state index in [-0.39, 0.29) is 19.8 Å². The number of nitrogens with zero attached hydrogens (tertiary/aromatic N) is 1. The van der Waals surface area contributed by atoms with Crippen molar-refractivity contribution in [2.75, 3.05) is 19.8 Å². The molecule has 0 spiro atoms. The Balaban J connectivity index is 2.30. The second-order valence-corrected chi connectivity index (χ2v) is 3.27. The number of aliphatic hydroxyl groups is 2. The lowest BCUT2D eigenvalue weighted by atomic mass is 10.3. The lowest BCUT2D eigenvalue weighted by molar-refractivity contribution is 0.0163. The Labute approximate surface area is 94.7 Å². The number of ether oxygens (including phenoxy) is 2. The van der Waals surface area contributed by atoms with Crippen molar-refractivity contribution in [3.05, 3.63) is 24.0 Å². The van der Waals surface area contributed by atoms with Gasteiger partial charge in [-0.3, -0.25) is 4.98 Å². The first-order valence-corrected chi connectivity index (χ1v) is 5.20. The summed E-state index contributed by atoms with van der Waals surface area (Å²) in [5.74, 6) is 0.563. The van der Waals surface area contributed by atoms with E-state index in [1.54, 1.807) is 12.1 Å². The molecule has 0 aromatic carbocycles. The van der Waals surface area contributed by atoms with Crippen molar-refractivity contribution in [3.8, 4) is 5.75 Å². The third kappa shape index (κ3) is 4.57. The molecule has 5 nitrogen and oxygen atoms in total. The van der Waals surface area contributed by atoms with E-state index < -0.39 is 6.10 Å². The molecule has 0 bridgehead atoms. The van der Waals surface area contributed by atoms with E-state index in [0.717, 1.165) is 0 Å². The summed E-state index contributed by atoms with van der Waals surface area (Å²) in [6.07, 6.45) is 0.872. The van der Waals surface area contributed by atoms with Gasteiger partial charge in [0.25, 0.3) is 0 Å². The molecule has 0 aliphatic carbocycles. The number of aliphatic hydroxyl groups excluding tert-OH is 2. The molecular formula is C11H17NO4. The minimum atomic E-state index is -0.641. The predicted molar refractivity (Wildman–Crippen MR) is 58.2 cm³/mol. The van der Waals surface area contributed by atoms with Crippen LogP contribution < -0.4 is 4.74 Å². The van der Waals surface area contributed by atoms with Gasteiger partial charge in [-0.25, -0.2) is 0 Å². The average Bonchev–Trinajstić information content (AvgIpc) is 2.34. The molecular weight excluding hydrogens is 210 g/mol. The SMILES string of the molecule is CCOCC(O)COc1ccc(CO)nc1. The summed E-state index contributed by atoms with van der Waals surface area (Å²) in [7, 11) is 0. The molecule has 0 aliphatic heterocycles. The maximum absolute atomic E-state index is 9.43. The minimum Gasteiger partial charge on any atom is -0.489 e. The van der Waals surface area contributed by atoms with Crippen molar-refractivity contribution in [1.29, 1.82) is 0 Å². The third-order valence-corrected chi connectivity index (χ3v) is 1.92. The molecule has 90 valence electrons. The van der Waals surface area contributed by atoms with Gasteiger partial charge in [-0.05, 0) is 19.1 Å². The fraction of sp³-hybridized carbons (Fsp3) is 0.545. The summed E-state index contributed by atoms with van der Waals surface area (Å²) >= 11 is 0. The third-order valence-electron chi connectivity index (χ3n) is 1.92. The topological polar surface area (TPSA) is 71.8 Å². The molecule has 0 saturated carbocycles. The van der Waals surface area contributed by atoms with E-state index in [4.69, 9.17) is 14.6 Å². The largest absolute Gasteiger partial charge is 0.489 e. The van der Waals surface area contributed by atoms with Gasteiger partial charge >= 0.3 is 0 Å². The van der Waals surface area contributed by atoms with Gasteiger partial charge in [0.05, 0.1) is 25.1 Å². The highest BCUT2D eigenvalue weighted by Gasteiger charge is 2.05. The molecule has 5 heteroatoms. The summed E-state index contributed by atoms with van der Waals surface area (Å²) in [4.78, 5) is 3.95. The van der Waals surface area contributed by atoms with Crippen LogP contribution in [-0.2, 0) is 11.3 Å². The molecule has 0 saturated heterocycles. The highest BCUT2D eigenvalue weighted by molar-refractivity contribution is 5.19. The van der Waals surface area contributed by atoms with Gasteiger partial charge in [-0.1, -0.05) is 0 Å². The molecule has 1 unspecified atom stereocenters. The predicted octanol–water partition coefficient (Wildman–Crippen LogP) is 0.350. The Kier molecular flexibility index (Phi) is 5.77. The van der Waals surface area contributed by atoms with E-state index in [1.165, 1.54) is 6.20 Å². The summed E-state index contributed by atoms with van der Waals surface area (Å²) in [5.41, 5.74) is 0.585. The van der Waals surface area contributed by atoms with Crippen LogP contribution in [0.5, 0.6) is 5.75 Å². The summed E-state index contributed by atoms with van der Waals surface area (Å²) in [5, 5.41) is 18.2. The van der Waals surface area contributed by atoms with Crippen LogP contribution in [-0.4, -0.2) is 41.1 Å².